The molecule has 0 bridgehead atoms. The number of fused-ring (bicyclic) bond motifs is 1. The number of rotatable bonds is 1. The van der Waals surface area contributed by atoms with Crippen LogP contribution in [0.3, 0.4) is 0 Å². The van der Waals surface area contributed by atoms with Crippen molar-refractivity contribution in [2.24, 2.45) is 0 Å². The van der Waals surface area contributed by atoms with Crippen LogP contribution in [-0.4, -0.2) is 14.2 Å². The Morgan fingerprint density at radius 2 is 2.14 bits per heavy atom. The van der Waals surface area contributed by atoms with Crippen LogP contribution in [0, 0.1) is 0 Å². The topological polar surface area (TPSA) is 34.1 Å². The fraction of sp³-hybridized carbons (Fsp3) is 0.273. The molecule has 0 amide bonds. The van der Waals surface area contributed by atoms with E-state index >= 15 is 0 Å². The van der Waals surface area contributed by atoms with Crippen LogP contribution in [0.2, 0.25) is 0 Å². The second-order valence-electron chi connectivity index (χ2n) is 3.37. The minimum atomic E-state index is -3.07. The summed E-state index contributed by atoms with van der Waals surface area (Å²) in [5, 5.41) is 0. The largest absolute Gasteiger partial charge is 0.223 e. The van der Waals surface area contributed by atoms with Gasteiger partial charge in [0.2, 0.25) is 0 Å². The lowest BCUT2D eigenvalue weighted by Gasteiger charge is -2.14. The van der Waals surface area contributed by atoms with Crippen molar-refractivity contribution in [3.63, 3.8) is 0 Å². The molecule has 74 valence electrons. The number of hydrogen-bond acceptors (Lipinski definition) is 2. The van der Waals surface area contributed by atoms with E-state index in [1.165, 1.54) is 0 Å². The standard InChI is InChI=1S/C11H12O2S/c1-2-9-5-3-6-10-7-4-8-14(12,13)11(9)10/h3-7H,2,8H2,1H3. The van der Waals surface area contributed by atoms with Gasteiger partial charge in [0, 0.05) is 0 Å². The van der Waals surface area contributed by atoms with Gasteiger partial charge < -0.3 is 0 Å². The van der Waals surface area contributed by atoms with E-state index in [1.54, 1.807) is 6.08 Å². The summed E-state index contributed by atoms with van der Waals surface area (Å²) in [5.74, 6) is 0.136. The molecule has 0 aromatic heterocycles. The second kappa shape index (κ2) is 3.24. The predicted molar refractivity (Wildman–Crippen MR) is 56.9 cm³/mol. The van der Waals surface area contributed by atoms with Gasteiger partial charge in [-0.05, 0) is 17.5 Å². The molecule has 1 heterocycles. The van der Waals surface area contributed by atoms with Crippen LogP contribution in [0.4, 0.5) is 0 Å². The monoisotopic (exact) mass is 208 g/mol. The van der Waals surface area contributed by atoms with Crippen LogP contribution in [0.5, 0.6) is 0 Å². The van der Waals surface area contributed by atoms with Crippen molar-refractivity contribution in [3.8, 4) is 0 Å². The van der Waals surface area contributed by atoms with Crippen LogP contribution < -0.4 is 0 Å². The normalized spacial score (nSPS) is 17.8. The van der Waals surface area contributed by atoms with E-state index in [0.29, 0.717) is 4.90 Å². The van der Waals surface area contributed by atoms with E-state index in [1.807, 2.05) is 31.2 Å². The number of aryl methyl sites for hydroxylation is 1. The van der Waals surface area contributed by atoms with Crippen molar-refractivity contribution in [2.45, 2.75) is 18.2 Å². The fourth-order valence-corrected chi connectivity index (χ4v) is 3.40. The molecule has 1 aromatic rings. The molecule has 1 aliphatic heterocycles. The van der Waals surface area contributed by atoms with E-state index < -0.39 is 9.84 Å². The Morgan fingerprint density at radius 3 is 2.86 bits per heavy atom. The Balaban J connectivity index is 2.78. The molecule has 0 radical (unpaired) electrons. The van der Waals surface area contributed by atoms with Gasteiger partial charge in [-0.1, -0.05) is 37.3 Å². The molecule has 1 aromatic carbocycles. The highest BCUT2D eigenvalue weighted by Gasteiger charge is 2.22. The van der Waals surface area contributed by atoms with Gasteiger partial charge in [0.25, 0.3) is 0 Å². The molecule has 0 fully saturated rings. The molecular weight excluding hydrogens is 196 g/mol. The lowest BCUT2D eigenvalue weighted by atomic mass is 10.1. The first-order valence-electron chi connectivity index (χ1n) is 4.66. The summed E-state index contributed by atoms with van der Waals surface area (Å²) in [6.07, 6.45) is 4.35. The third-order valence-corrected chi connectivity index (χ3v) is 4.18. The summed E-state index contributed by atoms with van der Waals surface area (Å²) < 4.78 is 23.6. The quantitative estimate of drug-likeness (QED) is 0.708. The van der Waals surface area contributed by atoms with Crippen LogP contribution in [0.25, 0.3) is 6.08 Å². The van der Waals surface area contributed by atoms with E-state index in [4.69, 9.17) is 0 Å². The number of hydrogen-bond donors (Lipinski definition) is 0. The smallest absolute Gasteiger partial charge is 0.182 e. The first-order valence-corrected chi connectivity index (χ1v) is 6.31. The van der Waals surface area contributed by atoms with Crippen LogP contribution in [0.1, 0.15) is 18.1 Å². The zero-order valence-electron chi connectivity index (χ0n) is 8.03. The molecular formula is C11H12O2S. The maximum atomic E-state index is 11.8. The molecule has 2 nitrogen and oxygen atoms in total. The van der Waals surface area contributed by atoms with Gasteiger partial charge in [0.05, 0.1) is 10.6 Å². The van der Waals surface area contributed by atoms with Crippen molar-refractivity contribution in [1.29, 1.82) is 0 Å². The van der Waals surface area contributed by atoms with E-state index in [-0.39, 0.29) is 5.75 Å². The highest BCUT2D eigenvalue weighted by atomic mass is 32.2. The lowest BCUT2D eigenvalue weighted by molar-refractivity contribution is 0.597. The summed E-state index contributed by atoms with van der Waals surface area (Å²) in [6.45, 7) is 1.98. The van der Waals surface area contributed by atoms with E-state index in [9.17, 15) is 8.42 Å². The molecule has 0 atom stereocenters. The van der Waals surface area contributed by atoms with Gasteiger partial charge in [0.15, 0.2) is 9.84 Å². The number of benzene rings is 1. The van der Waals surface area contributed by atoms with Gasteiger partial charge in [-0.2, -0.15) is 0 Å². The Hall–Kier alpha value is -1.09. The first kappa shape index (κ1) is 9.46. The molecule has 0 aliphatic carbocycles. The minimum Gasteiger partial charge on any atom is -0.223 e. The minimum absolute atomic E-state index is 0.136. The second-order valence-corrected chi connectivity index (χ2v) is 5.34. The molecule has 2 rings (SSSR count). The summed E-state index contributed by atoms with van der Waals surface area (Å²) >= 11 is 0. The van der Waals surface area contributed by atoms with Crippen molar-refractivity contribution < 1.29 is 8.42 Å². The molecule has 14 heavy (non-hydrogen) atoms. The van der Waals surface area contributed by atoms with Crippen molar-refractivity contribution in [3.05, 3.63) is 35.4 Å². The van der Waals surface area contributed by atoms with Crippen molar-refractivity contribution in [2.75, 3.05) is 5.75 Å². The first-order chi connectivity index (χ1) is 6.65. The van der Waals surface area contributed by atoms with Gasteiger partial charge >= 0.3 is 0 Å². The highest BCUT2D eigenvalue weighted by Crippen LogP contribution is 2.27. The van der Waals surface area contributed by atoms with E-state index in [0.717, 1.165) is 17.5 Å². The predicted octanol–water partition coefficient (Wildman–Crippen LogP) is 2.05. The van der Waals surface area contributed by atoms with Crippen molar-refractivity contribution >= 4 is 15.9 Å². The van der Waals surface area contributed by atoms with Crippen LogP contribution in [-0.2, 0) is 16.3 Å². The Morgan fingerprint density at radius 1 is 1.36 bits per heavy atom. The Bertz CT molecular complexity index is 484. The number of sulfone groups is 1. The van der Waals surface area contributed by atoms with Crippen LogP contribution in [0.15, 0.2) is 29.2 Å². The van der Waals surface area contributed by atoms with Gasteiger partial charge in [-0.15, -0.1) is 0 Å². The summed E-state index contributed by atoms with van der Waals surface area (Å²) in [4.78, 5) is 0.532. The summed E-state index contributed by atoms with van der Waals surface area (Å²) in [7, 11) is -3.07. The zero-order chi connectivity index (χ0) is 10.2. The molecule has 0 spiro atoms. The Kier molecular flexibility index (Phi) is 2.19. The average molecular weight is 208 g/mol. The molecule has 0 unspecified atom stereocenters. The molecule has 0 N–H and O–H groups in total. The maximum Gasteiger partial charge on any atom is 0.182 e. The van der Waals surface area contributed by atoms with Crippen molar-refractivity contribution in [1.82, 2.24) is 0 Å². The van der Waals surface area contributed by atoms with Gasteiger partial charge in [-0.25, -0.2) is 8.42 Å². The maximum absolute atomic E-state index is 11.8. The van der Waals surface area contributed by atoms with Gasteiger partial charge in [-0.3, -0.25) is 0 Å². The third kappa shape index (κ3) is 1.38. The molecule has 0 saturated heterocycles. The molecule has 0 saturated carbocycles. The zero-order valence-corrected chi connectivity index (χ0v) is 8.84. The fourth-order valence-electron chi connectivity index (χ4n) is 1.78. The molecule has 1 aliphatic rings. The summed E-state index contributed by atoms with van der Waals surface area (Å²) in [6, 6.07) is 5.64. The highest BCUT2D eigenvalue weighted by molar-refractivity contribution is 7.91. The lowest BCUT2D eigenvalue weighted by Crippen LogP contribution is -2.12. The SMILES string of the molecule is CCc1cccc2c1S(=O)(=O)CC=C2. The van der Waals surface area contributed by atoms with E-state index in [2.05, 4.69) is 0 Å². The molecule has 3 heteroatoms. The average Bonchev–Trinajstić information content (AvgIpc) is 2.16. The summed E-state index contributed by atoms with van der Waals surface area (Å²) in [5.41, 5.74) is 1.75. The Labute approximate surface area is 84.2 Å². The van der Waals surface area contributed by atoms with Crippen LogP contribution >= 0.6 is 0 Å². The van der Waals surface area contributed by atoms with Gasteiger partial charge in [0.1, 0.15) is 0 Å². The third-order valence-electron chi connectivity index (χ3n) is 2.43.